The lowest BCUT2D eigenvalue weighted by Crippen LogP contribution is -2.28. The molecule has 1 nitrogen and oxygen atoms in total. The van der Waals surface area contributed by atoms with Gasteiger partial charge < -0.3 is 5.73 Å². The van der Waals surface area contributed by atoms with Crippen LogP contribution in [0.3, 0.4) is 0 Å². The number of benzene rings is 1. The van der Waals surface area contributed by atoms with Crippen molar-refractivity contribution in [2.24, 2.45) is 5.73 Å². The van der Waals surface area contributed by atoms with E-state index in [1.165, 1.54) is 18.2 Å². The fourth-order valence-electron chi connectivity index (χ4n) is 0.944. The minimum Gasteiger partial charge on any atom is -0.316 e. The van der Waals surface area contributed by atoms with Gasteiger partial charge in [0.05, 0.1) is 0 Å². The van der Waals surface area contributed by atoms with E-state index in [0.717, 1.165) is 0 Å². The molecule has 0 aliphatic rings. The van der Waals surface area contributed by atoms with Gasteiger partial charge in [-0.3, -0.25) is 0 Å². The fourth-order valence-corrected chi connectivity index (χ4v) is 1.83. The first-order chi connectivity index (χ1) is 6.30. The molecular weight excluding hydrogens is 282 g/mol. The number of halogens is 5. The molecule has 0 saturated heterocycles. The molecule has 1 aromatic rings. The summed E-state index contributed by atoms with van der Waals surface area (Å²) in [5.41, 5.74) is 4.95. The number of hydrogen-bond donors (Lipinski definition) is 1. The maximum Gasteiger partial charge on any atom is 0.407 e. The average molecular weight is 288 g/mol. The smallest absolute Gasteiger partial charge is 0.316 e. The van der Waals surface area contributed by atoms with Gasteiger partial charge in [0.15, 0.2) is 0 Å². The van der Waals surface area contributed by atoms with Crippen molar-refractivity contribution in [2.75, 3.05) is 0 Å². The summed E-state index contributed by atoms with van der Waals surface area (Å²) in [6, 6.07) is 1.99. The largest absolute Gasteiger partial charge is 0.407 e. The van der Waals surface area contributed by atoms with Crippen molar-refractivity contribution < 1.29 is 13.2 Å². The molecular formula is C8H6BrClF3N. The van der Waals surface area contributed by atoms with E-state index >= 15 is 0 Å². The number of alkyl halides is 3. The molecule has 1 aromatic carbocycles. The highest BCUT2D eigenvalue weighted by molar-refractivity contribution is 9.10. The minimum atomic E-state index is -4.45. The van der Waals surface area contributed by atoms with Crippen LogP contribution in [0.15, 0.2) is 22.7 Å². The van der Waals surface area contributed by atoms with E-state index in [1.807, 2.05) is 0 Å². The Morgan fingerprint density at radius 2 is 1.86 bits per heavy atom. The topological polar surface area (TPSA) is 26.0 Å². The average Bonchev–Trinajstić information content (AvgIpc) is 1.99. The van der Waals surface area contributed by atoms with Crippen LogP contribution in [0.25, 0.3) is 0 Å². The zero-order chi connectivity index (χ0) is 10.9. The normalized spacial score (nSPS) is 14.1. The molecule has 78 valence electrons. The van der Waals surface area contributed by atoms with Gasteiger partial charge in [-0.1, -0.05) is 27.5 Å². The summed E-state index contributed by atoms with van der Waals surface area (Å²) < 4.78 is 37.1. The Bertz CT molecular complexity index is 320. The number of hydrogen-bond acceptors (Lipinski definition) is 1. The molecule has 1 rings (SSSR count). The van der Waals surface area contributed by atoms with Crippen LogP contribution in [-0.4, -0.2) is 6.18 Å². The summed E-state index contributed by atoms with van der Waals surface area (Å²) in [5, 5.41) is 0.217. The van der Waals surface area contributed by atoms with Gasteiger partial charge >= 0.3 is 6.18 Å². The zero-order valence-corrected chi connectivity index (χ0v) is 9.12. The molecule has 0 radical (unpaired) electrons. The fraction of sp³-hybridized carbons (Fsp3) is 0.250. The molecule has 0 aromatic heterocycles. The quantitative estimate of drug-likeness (QED) is 0.838. The van der Waals surface area contributed by atoms with Crippen molar-refractivity contribution in [3.63, 3.8) is 0 Å². The third-order valence-electron chi connectivity index (χ3n) is 1.60. The molecule has 2 N–H and O–H groups in total. The van der Waals surface area contributed by atoms with Crippen molar-refractivity contribution in [1.29, 1.82) is 0 Å². The van der Waals surface area contributed by atoms with Gasteiger partial charge in [-0.2, -0.15) is 13.2 Å². The molecule has 0 heterocycles. The molecule has 0 saturated carbocycles. The van der Waals surface area contributed by atoms with Gasteiger partial charge in [-0.05, 0) is 23.8 Å². The second kappa shape index (κ2) is 4.08. The Morgan fingerprint density at radius 3 is 2.29 bits per heavy atom. The van der Waals surface area contributed by atoms with Gasteiger partial charge in [-0.25, -0.2) is 0 Å². The van der Waals surface area contributed by atoms with E-state index in [2.05, 4.69) is 15.9 Å². The predicted octanol–water partition coefficient (Wildman–Crippen LogP) is 3.66. The van der Waals surface area contributed by atoms with Crippen LogP contribution in [0.4, 0.5) is 13.2 Å². The molecule has 14 heavy (non-hydrogen) atoms. The summed E-state index contributed by atoms with van der Waals surface area (Å²) in [5.74, 6) is 0. The molecule has 0 aliphatic carbocycles. The maximum absolute atomic E-state index is 12.2. The highest BCUT2D eigenvalue weighted by Crippen LogP contribution is 2.33. The molecule has 0 spiro atoms. The van der Waals surface area contributed by atoms with Crippen molar-refractivity contribution in [2.45, 2.75) is 12.2 Å². The van der Waals surface area contributed by atoms with Gasteiger partial charge in [0.1, 0.15) is 6.04 Å². The van der Waals surface area contributed by atoms with Crippen molar-refractivity contribution in [1.82, 2.24) is 0 Å². The Kier molecular flexibility index (Phi) is 3.44. The Labute approximate surface area is 92.2 Å². The summed E-state index contributed by atoms with van der Waals surface area (Å²) in [7, 11) is 0. The maximum atomic E-state index is 12.2. The van der Waals surface area contributed by atoms with Gasteiger partial charge in [0.25, 0.3) is 0 Å². The second-order valence-corrected chi connectivity index (χ2v) is 4.07. The highest BCUT2D eigenvalue weighted by Gasteiger charge is 2.37. The first-order valence-corrected chi connectivity index (χ1v) is 4.76. The van der Waals surface area contributed by atoms with E-state index in [9.17, 15) is 13.2 Å². The van der Waals surface area contributed by atoms with Gasteiger partial charge in [0.2, 0.25) is 0 Å². The molecule has 1 atom stereocenters. The van der Waals surface area contributed by atoms with Crippen molar-refractivity contribution in [3.05, 3.63) is 33.3 Å². The van der Waals surface area contributed by atoms with E-state index in [0.29, 0.717) is 4.47 Å². The van der Waals surface area contributed by atoms with Crippen LogP contribution in [0.5, 0.6) is 0 Å². The van der Waals surface area contributed by atoms with E-state index in [-0.39, 0.29) is 10.6 Å². The summed E-state index contributed by atoms with van der Waals surface area (Å²) in [6.45, 7) is 0. The van der Waals surface area contributed by atoms with Crippen LogP contribution in [0.2, 0.25) is 5.02 Å². The van der Waals surface area contributed by atoms with Crippen LogP contribution in [-0.2, 0) is 0 Å². The molecule has 0 fully saturated rings. The first-order valence-electron chi connectivity index (χ1n) is 3.59. The van der Waals surface area contributed by atoms with E-state index < -0.39 is 12.2 Å². The predicted molar refractivity (Wildman–Crippen MR) is 52.1 cm³/mol. The summed E-state index contributed by atoms with van der Waals surface area (Å²) in [6.07, 6.45) is -4.45. The first kappa shape index (κ1) is 11.8. The molecule has 6 heteroatoms. The van der Waals surface area contributed by atoms with E-state index in [4.69, 9.17) is 17.3 Å². The molecule has 0 aliphatic heterocycles. The van der Waals surface area contributed by atoms with Crippen LogP contribution in [0, 0.1) is 0 Å². The van der Waals surface area contributed by atoms with Crippen LogP contribution >= 0.6 is 27.5 Å². The number of nitrogens with two attached hydrogens (primary N) is 1. The third-order valence-corrected chi connectivity index (χ3v) is 2.27. The van der Waals surface area contributed by atoms with Gasteiger partial charge in [0, 0.05) is 9.50 Å². The Morgan fingerprint density at radius 1 is 1.29 bits per heavy atom. The summed E-state index contributed by atoms with van der Waals surface area (Å²) in [4.78, 5) is 0. The van der Waals surface area contributed by atoms with Crippen LogP contribution < -0.4 is 5.73 Å². The lowest BCUT2D eigenvalue weighted by atomic mass is 10.1. The lowest BCUT2D eigenvalue weighted by Gasteiger charge is -2.16. The standard InChI is InChI=1S/C8H6BrClF3N/c9-5-1-4(2-6(10)3-5)7(14)8(11,12)13/h1-3,7H,14H2/t7-/m1/s1. The summed E-state index contributed by atoms with van der Waals surface area (Å²) >= 11 is 8.63. The minimum absolute atomic E-state index is 0.0584. The lowest BCUT2D eigenvalue weighted by molar-refractivity contribution is -0.149. The SMILES string of the molecule is N[C@H](c1cc(Cl)cc(Br)c1)C(F)(F)F. The van der Waals surface area contributed by atoms with E-state index in [1.54, 1.807) is 0 Å². The van der Waals surface area contributed by atoms with Crippen molar-refractivity contribution in [3.8, 4) is 0 Å². The van der Waals surface area contributed by atoms with Crippen molar-refractivity contribution >= 4 is 27.5 Å². The third kappa shape index (κ3) is 2.87. The number of rotatable bonds is 1. The highest BCUT2D eigenvalue weighted by atomic mass is 79.9. The van der Waals surface area contributed by atoms with Crippen LogP contribution in [0.1, 0.15) is 11.6 Å². The zero-order valence-electron chi connectivity index (χ0n) is 6.78. The van der Waals surface area contributed by atoms with Gasteiger partial charge in [-0.15, -0.1) is 0 Å². The molecule has 0 bridgehead atoms. The second-order valence-electron chi connectivity index (χ2n) is 2.72. The molecule has 0 unspecified atom stereocenters. The Hall–Kier alpha value is -0.260. The molecule has 0 amide bonds. The Balaban J connectivity index is 3.07. The monoisotopic (exact) mass is 287 g/mol.